The highest BCUT2D eigenvalue weighted by molar-refractivity contribution is 6.35. The van der Waals surface area contributed by atoms with Crippen LogP contribution in [-0.2, 0) is 9.53 Å². The quantitative estimate of drug-likeness (QED) is 0.582. The summed E-state index contributed by atoms with van der Waals surface area (Å²) in [5, 5.41) is 0.0845. The van der Waals surface area contributed by atoms with Gasteiger partial charge in [0.05, 0.1) is 17.8 Å². The molecule has 0 aliphatic carbocycles. The third kappa shape index (κ3) is 4.10. The molecule has 0 radical (unpaired) electrons. The lowest BCUT2D eigenvalue weighted by atomic mass is 10.1. The summed E-state index contributed by atoms with van der Waals surface area (Å²) in [5.74, 6) is -0.347. The molecule has 1 aromatic heterocycles. The number of hydrogen-bond donors (Lipinski definition) is 0. The van der Waals surface area contributed by atoms with Gasteiger partial charge in [-0.05, 0) is 31.6 Å². The number of fused-ring (bicyclic) bond motifs is 2. The van der Waals surface area contributed by atoms with E-state index in [1.165, 1.54) is 12.1 Å². The van der Waals surface area contributed by atoms with Crippen molar-refractivity contribution in [2.24, 2.45) is 0 Å². The van der Waals surface area contributed by atoms with Crippen molar-refractivity contribution in [2.45, 2.75) is 31.5 Å². The number of methoxy groups -OCH3 is 1. The first kappa shape index (κ1) is 24.5. The Kier molecular flexibility index (Phi) is 6.61. The van der Waals surface area contributed by atoms with Crippen LogP contribution in [0.25, 0.3) is 11.3 Å². The minimum absolute atomic E-state index is 0.0232. The number of halogens is 2. The van der Waals surface area contributed by atoms with Crippen molar-refractivity contribution in [2.75, 3.05) is 44.8 Å². The molecule has 0 N–H and O–H groups in total. The van der Waals surface area contributed by atoms with Crippen LogP contribution < -0.4 is 9.64 Å². The largest absolute Gasteiger partial charge is 0.489 e. The normalized spacial score (nSPS) is 23.6. The number of carbonyl (C=O) groups is 2. The number of piperazine rings is 1. The van der Waals surface area contributed by atoms with Crippen molar-refractivity contribution in [1.29, 1.82) is 0 Å². The van der Waals surface area contributed by atoms with Gasteiger partial charge in [0.2, 0.25) is 5.91 Å². The molecule has 8 nitrogen and oxygen atoms in total. The molecule has 36 heavy (non-hydrogen) atoms. The predicted molar refractivity (Wildman–Crippen MR) is 134 cm³/mol. The molecule has 0 bridgehead atoms. The van der Waals surface area contributed by atoms with Crippen LogP contribution in [0.3, 0.4) is 0 Å². The smallest absolute Gasteiger partial charge is 0.261 e. The van der Waals surface area contributed by atoms with Crippen LogP contribution in [0.15, 0.2) is 36.9 Å². The summed E-state index contributed by atoms with van der Waals surface area (Å²) in [6.07, 6.45) is 1.99. The molecular formula is C26H28ClFN4O4. The van der Waals surface area contributed by atoms with E-state index in [0.717, 1.165) is 6.42 Å². The third-order valence-electron chi connectivity index (χ3n) is 7.21. The summed E-state index contributed by atoms with van der Waals surface area (Å²) < 4.78 is 26.6. The summed E-state index contributed by atoms with van der Waals surface area (Å²) in [7, 11) is 1.66. The molecule has 10 heteroatoms. The summed E-state index contributed by atoms with van der Waals surface area (Å²) in [6.45, 7) is 7.30. The molecule has 4 heterocycles. The molecule has 0 spiro atoms. The summed E-state index contributed by atoms with van der Waals surface area (Å²) >= 11 is 6.80. The number of pyridine rings is 1. The molecule has 2 unspecified atom stereocenters. The Morgan fingerprint density at radius 3 is 2.75 bits per heavy atom. The van der Waals surface area contributed by atoms with E-state index in [1.54, 1.807) is 35.1 Å². The summed E-state index contributed by atoms with van der Waals surface area (Å²) in [5.41, 5.74) is 0.699. The molecule has 5 rings (SSSR count). The first-order valence-electron chi connectivity index (χ1n) is 12.0. The molecule has 2 aromatic rings. The van der Waals surface area contributed by atoms with Gasteiger partial charge in [0.15, 0.2) is 5.75 Å². The molecule has 3 aliphatic rings. The third-order valence-corrected chi connectivity index (χ3v) is 7.56. The van der Waals surface area contributed by atoms with Crippen molar-refractivity contribution in [1.82, 2.24) is 14.8 Å². The Bertz CT molecular complexity index is 1220. The Morgan fingerprint density at radius 2 is 2.06 bits per heavy atom. The number of anilines is 1. The first-order chi connectivity index (χ1) is 17.3. The number of amides is 2. The molecular weight excluding hydrogens is 487 g/mol. The average Bonchev–Trinajstić information content (AvgIpc) is 3.20. The van der Waals surface area contributed by atoms with E-state index < -0.39 is 5.82 Å². The van der Waals surface area contributed by atoms with E-state index in [2.05, 4.69) is 6.58 Å². The van der Waals surface area contributed by atoms with Crippen LogP contribution in [0.2, 0.25) is 5.02 Å². The minimum Gasteiger partial charge on any atom is -0.489 e. The maximum atomic E-state index is 14.8. The molecule has 190 valence electrons. The molecule has 0 saturated carbocycles. The monoisotopic (exact) mass is 514 g/mol. The van der Waals surface area contributed by atoms with Crippen LogP contribution in [0.5, 0.6) is 5.75 Å². The second-order valence-corrected chi connectivity index (χ2v) is 9.71. The predicted octanol–water partition coefficient (Wildman–Crippen LogP) is 3.39. The fraction of sp³-hybridized carbons (Fsp3) is 0.423. The number of hydrogen-bond acceptors (Lipinski definition) is 6. The summed E-state index contributed by atoms with van der Waals surface area (Å²) in [4.78, 5) is 36.4. The second kappa shape index (κ2) is 9.71. The van der Waals surface area contributed by atoms with E-state index in [-0.39, 0.29) is 64.2 Å². The first-order valence-corrected chi connectivity index (χ1v) is 12.3. The van der Waals surface area contributed by atoms with Crippen LogP contribution in [0.4, 0.5) is 10.2 Å². The molecule has 3 atom stereocenters. The lowest BCUT2D eigenvalue weighted by Gasteiger charge is -2.39. The maximum absolute atomic E-state index is 14.8. The van der Waals surface area contributed by atoms with E-state index >= 15 is 0 Å². The van der Waals surface area contributed by atoms with Crippen LogP contribution >= 0.6 is 11.6 Å². The molecule has 2 amide bonds. The van der Waals surface area contributed by atoms with E-state index in [9.17, 15) is 14.0 Å². The van der Waals surface area contributed by atoms with Gasteiger partial charge in [-0.3, -0.25) is 9.59 Å². The van der Waals surface area contributed by atoms with Crippen LogP contribution in [-0.4, -0.2) is 84.7 Å². The van der Waals surface area contributed by atoms with Crippen molar-refractivity contribution >= 4 is 29.2 Å². The van der Waals surface area contributed by atoms with E-state index in [4.69, 9.17) is 26.1 Å². The SMILES string of the molecule is C=CC(=O)N1CCN2C(=O)c3c(N4CC(OC)C[C@@H]4C)nc(-c4ccccc4F)c(Cl)c3OCC2C1. The van der Waals surface area contributed by atoms with Crippen LogP contribution in [0.1, 0.15) is 23.7 Å². The topological polar surface area (TPSA) is 75.2 Å². The minimum atomic E-state index is -0.474. The highest BCUT2D eigenvalue weighted by Crippen LogP contribution is 2.45. The lowest BCUT2D eigenvalue weighted by molar-refractivity contribution is -0.128. The Morgan fingerprint density at radius 1 is 1.28 bits per heavy atom. The highest BCUT2D eigenvalue weighted by Gasteiger charge is 2.42. The van der Waals surface area contributed by atoms with E-state index in [1.807, 2.05) is 11.8 Å². The van der Waals surface area contributed by atoms with Gasteiger partial charge in [0, 0.05) is 44.9 Å². The fourth-order valence-corrected chi connectivity index (χ4v) is 5.56. The van der Waals surface area contributed by atoms with Gasteiger partial charge < -0.3 is 24.2 Å². The number of carbonyl (C=O) groups excluding carboxylic acids is 2. The van der Waals surface area contributed by atoms with Crippen molar-refractivity contribution in [3.05, 3.63) is 53.3 Å². The molecule has 2 saturated heterocycles. The molecule has 3 aliphatic heterocycles. The fourth-order valence-electron chi connectivity index (χ4n) is 5.26. The average molecular weight is 515 g/mol. The standard InChI is InChI=1S/C26H28ClFN4O4/c1-4-20(33)30-9-10-31-16(12-30)14-36-24-21(26(31)34)25(32-13-17(35-3)11-15(32)2)29-23(22(24)27)18-7-5-6-8-19(18)28/h4-8,15-17H,1,9-14H2,2-3H3/t15-,16?,17?/m0/s1. The maximum Gasteiger partial charge on any atom is 0.261 e. The van der Waals surface area contributed by atoms with Crippen LogP contribution in [0, 0.1) is 5.82 Å². The van der Waals surface area contributed by atoms with Gasteiger partial charge in [-0.15, -0.1) is 0 Å². The summed E-state index contributed by atoms with van der Waals surface area (Å²) in [6, 6.07) is 5.90. The Balaban J connectivity index is 1.65. The van der Waals surface area contributed by atoms with Gasteiger partial charge in [-0.25, -0.2) is 9.37 Å². The number of aromatic nitrogens is 1. The highest BCUT2D eigenvalue weighted by atomic mass is 35.5. The number of benzene rings is 1. The molecule has 2 fully saturated rings. The molecule has 1 aromatic carbocycles. The van der Waals surface area contributed by atoms with Crippen molar-refractivity contribution in [3.63, 3.8) is 0 Å². The van der Waals surface area contributed by atoms with Gasteiger partial charge in [0.25, 0.3) is 5.91 Å². The van der Waals surface area contributed by atoms with Gasteiger partial charge >= 0.3 is 0 Å². The van der Waals surface area contributed by atoms with E-state index in [0.29, 0.717) is 32.0 Å². The van der Waals surface area contributed by atoms with Crippen molar-refractivity contribution < 1.29 is 23.5 Å². The zero-order valence-corrected chi connectivity index (χ0v) is 21.0. The zero-order chi connectivity index (χ0) is 25.6. The lowest BCUT2D eigenvalue weighted by Crippen LogP contribution is -2.57. The number of rotatable bonds is 4. The Hall–Kier alpha value is -3.17. The van der Waals surface area contributed by atoms with Crippen molar-refractivity contribution in [3.8, 4) is 17.0 Å². The second-order valence-electron chi connectivity index (χ2n) is 9.33. The van der Waals surface area contributed by atoms with Gasteiger partial charge in [0.1, 0.15) is 28.8 Å². The van der Waals surface area contributed by atoms with Gasteiger partial charge in [-0.2, -0.15) is 0 Å². The zero-order valence-electron chi connectivity index (χ0n) is 20.2. The number of ether oxygens (including phenoxy) is 2. The Labute approximate surface area is 214 Å². The number of nitrogens with zero attached hydrogens (tertiary/aromatic N) is 4. The van der Waals surface area contributed by atoms with Gasteiger partial charge in [-0.1, -0.05) is 30.3 Å².